The molecule has 1 aromatic heterocycles. The number of fused-ring (bicyclic) bond motifs is 2. The van der Waals surface area contributed by atoms with Gasteiger partial charge in [0, 0.05) is 36.3 Å². The van der Waals surface area contributed by atoms with Crippen molar-refractivity contribution in [3.8, 4) is 0 Å². The zero-order valence-electron chi connectivity index (χ0n) is 16.9. The Balaban J connectivity index is 1.90. The summed E-state index contributed by atoms with van der Waals surface area (Å²) >= 11 is 0. The van der Waals surface area contributed by atoms with E-state index in [1.165, 1.54) is 10.8 Å². The molecule has 0 aliphatic carbocycles. The van der Waals surface area contributed by atoms with E-state index in [2.05, 4.69) is 46.4 Å². The number of aromatic nitrogens is 2. The number of nitrogens with two attached hydrogens (primary N) is 2. The predicted molar refractivity (Wildman–Crippen MR) is 124 cm³/mol. The zero-order valence-corrected chi connectivity index (χ0v) is 16.9. The summed E-state index contributed by atoms with van der Waals surface area (Å²) in [5.74, 6) is 0. The molecular formula is C24H23N5O. The Morgan fingerprint density at radius 1 is 1.10 bits per heavy atom. The normalized spacial score (nSPS) is 12.6. The summed E-state index contributed by atoms with van der Waals surface area (Å²) in [6.45, 7) is 2.31. The van der Waals surface area contributed by atoms with Gasteiger partial charge in [0.25, 0.3) is 5.56 Å². The van der Waals surface area contributed by atoms with Crippen LogP contribution in [-0.4, -0.2) is 23.0 Å². The first-order chi connectivity index (χ1) is 14.6. The van der Waals surface area contributed by atoms with Crippen molar-refractivity contribution < 1.29 is 0 Å². The molecule has 0 atom stereocenters. The fourth-order valence-corrected chi connectivity index (χ4v) is 3.92. The van der Waals surface area contributed by atoms with E-state index in [1.54, 1.807) is 19.3 Å². The number of nitrogens with zero attached hydrogens (tertiary/aromatic N) is 2. The van der Waals surface area contributed by atoms with Crippen LogP contribution in [0.4, 0.5) is 0 Å². The van der Waals surface area contributed by atoms with Crippen LogP contribution in [-0.2, 0) is 6.54 Å². The number of allylic oxidation sites excluding steroid dienone is 1. The van der Waals surface area contributed by atoms with E-state index in [9.17, 15) is 4.79 Å². The highest BCUT2D eigenvalue weighted by molar-refractivity contribution is 6.33. The molecule has 5 N–H and O–H groups in total. The van der Waals surface area contributed by atoms with Crippen molar-refractivity contribution in [2.24, 2.45) is 16.5 Å². The van der Waals surface area contributed by atoms with Crippen LogP contribution in [0, 0.1) is 6.92 Å². The highest BCUT2D eigenvalue weighted by atomic mass is 16.1. The Hall–Kier alpha value is -3.77. The van der Waals surface area contributed by atoms with E-state index >= 15 is 0 Å². The molecule has 0 saturated carbocycles. The molecule has 0 amide bonds. The molecule has 30 heavy (non-hydrogen) atoms. The van der Waals surface area contributed by atoms with Crippen LogP contribution in [0.25, 0.3) is 27.1 Å². The average molecular weight is 397 g/mol. The van der Waals surface area contributed by atoms with Gasteiger partial charge in [0.2, 0.25) is 0 Å². The lowest BCUT2D eigenvalue weighted by Gasteiger charge is -2.16. The second-order valence-electron chi connectivity index (χ2n) is 7.08. The summed E-state index contributed by atoms with van der Waals surface area (Å²) in [4.78, 5) is 16.7. The van der Waals surface area contributed by atoms with Gasteiger partial charge in [-0.3, -0.25) is 9.79 Å². The molecule has 0 aliphatic heterocycles. The third-order valence-electron chi connectivity index (χ3n) is 5.47. The number of aryl methyl sites for hydroxylation is 1. The first kappa shape index (κ1) is 19.5. The maximum atomic E-state index is 12.2. The van der Waals surface area contributed by atoms with Crippen molar-refractivity contribution >= 4 is 32.8 Å². The van der Waals surface area contributed by atoms with Crippen molar-refractivity contribution in [3.05, 3.63) is 93.5 Å². The van der Waals surface area contributed by atoms with Crippen LogP contribution in [0.1, 0.15) is 22.4 Å². The molecule has 4 aromatic rings. The lowest BCUT2D eigenvalue weighted by atomic mass is 9.90. The Labute approximate surface area is 173 Å². The molecule has 4 rings (SSSR count). The summed E-state index contributed by atoms with van der Waals surface area (Å²) in [6.07, 6.45) is 1.56. The fraction of sp³-hybridized carbons (Fsp3) is 0.125. The van der Waals surface area contributed by atoms with E-state index in [0.29, 0.717) is 16.5 Å². The molecule has 0 unspecified atom stereocenters. The number of hydrogen-bond donors (Lipinski definition) is 3. The fourth-order valence-electron chi connectivity index (χ4n) is 3.92. The molecule has 0 radical (unpaired) electrons. The second kappa shape index (κ2) is 7.93. The molecule has 6 nitrogen and oxygen atoms in total. The van der Waals surface area contributed by atoms with E-state index in [-0.39, 0.29) is 12.1 Å². The molecule has 0 saturated heterocycles. The summed E-state index contributed by atoms with van der Waals surface area (Å²) < 4.78 is 0. The number of H-pyrrole nitrogens is 1. The van der Waals surface area contributed by atoms with Crippen LogP contribution in [0.3, 0.4) is 0 Å². The van der Waals surface area contributed by atoms with Gasteiger partial charge in [0.1, 0.15) is 0 Å². The topological polar surface area (TPSA) is 110 Å². The third kappa shape index (κ3) is 3.17. The standard InChI is InChI=1S/C24H23N5O/c1-14-17-6-4-3-5-15(17)7-9-18(14)23(27-2)21(12-25)16-8-10-19-20(11-16)22(13-26)28-29-24(19)30/h3-12H,13,25-26H2,1-2H3,(H,29,30)/b21-12-,27-23?. The maximum Gasteiger partial charge on any atom is 0.272 e. The van der Waals surface area contributed by atoms with Crippen molar-refractivity contribution in [2.45, 2.75) is 13.5 Å². The summed E-state index contributed by atoms with van der Waals surface area (Å²) in [5.41, 5.74) is 16.8. The quantitative estimate of drug-likeness (QED) is 0.459. The van der Waals surface area contributed by atoms with Crippen molar-refractivity contribution in [1.29, 1.82) is 0 Å². The predicted octanol–water partition coefficient (Wildman–Crippen LogP) is 3.26. The van der Waals surface area contributed by atoms with Gasteiger partial charge in [-0.25, -0.2) is 5.10 Å². The van der Waals surface area contributed by atoms with Gasteiger partial charge in [-0.1, -0.05) is 42.5 Å². The van der Waals surface area contributed by atoms with E-state index < -0.39 is 0 Å². The van der Waals surface area contributed by atoms with Crippen LogP contribution >= 0.6 is 0 Å². The summed E-state index contributed by atoms with van der Waals surface area (Å²) in [6, 6.07) is 18.0. The van der Waals surface area contributed by atoms with Crippen LogP contribution < -0.4 is 17.0 Å². The monoisotopic (exact) mass is 397 g/mol. The van der Waals surface area contributed by atoms with E-state index in [0.717, 1.165) is 28.0 Å². The minimum absolute atomic E-state index is 0.219. The minimum atomic E-state index is -0.248. The highest BCUT2D eigenvalue weighted by Crippen LogP contribution is 2.28. The number of benzene rings is 3. The number of rotatable bonds is 4. The molecule has 150 valence electrons. The maximum absolute atomic E-state index is 12.2. The van der Waals surface area contributed by atoms with Crippen molar-refractivity contribution in [2.75, 3.05) is 7.05 Å². The molecule has 0 spiro atoms. The summed E-state index contributed by atoms with van der Waals surface area (Å²) in [7, 11) is 1.76. The van der Waals surface area contributed by atoms with Crippen molar-refractivity contribution in [3.63, 3.8) is 0 Å². The first-order valence-corrected chi connectivity index (χ1v) is 9.68. The highest BCUT2D eigenvalue weighted by Gasteiger charge is 2.17. The molecule has 6 heteroatoms. The Morgan fingerprint density at radius 3 is 2.63 bits per heavy atom. The minimum Gasteiger partial charge on any atom is -0.404 e. The lowest BCUT2D eigenvalue weighted by Crippen LogP contribution is -2.14. The van der Waals surface area contributed by atoms with E-state index in [1.807, 2.05) is 24.3 Å². The van der Waals surface area contributed by atoms with Gasteiger partial charge in [-0.15, -0.1) is 0 Å². The lowest BCUT2D eigenvalue weighted by molar-refractivity contribution is 0.900. The Morgan fingerprint density at radius 2 is 1.90 bits per heavy atom. The van der Waals surface area contributed by atoms with Gasteiger partial charge in [0.15, 0.2) is 0 Å². The van der Waals surface area contributed by atoms with Crippen LogP contribution in [0.15, 0.2) is 70.6 Å². The number of aliphatic imine (C=N–C) groups is 1. The Bertz CT molecular complexity index is 1380. The first-order valence-electron chi connectivity index (χ1n) is 9.68. The number of hydrogen-bond acceptors (Lipinski definition) is 5. The summed E-state index contributed by atoms with van der Waals surface area (Å²) in [5, 5.41) is 10.2. The largest absolute Gasteiger partial charge is 0.404 e. The SMILES string of the molecule is CN=C(/C(=C\N)c1ccc2c(=O)[nH]nc(CN)c2c1)c1ccc2ccccc2c1C. The average Bonchev–Trinajstić information content (AvgIpc) is 2.78. The van der Waals surface area contributed by atoms with E-state index in [4.69, 9.17) is 11.5 Å². The molecule has 0 bridgehead atoms. The van der Waals surface area contributed by atoms with Crippen LogP contribution in [0.2, 0.25) is 0 Å². The molecule has 0 fully saturated rings. The van der Waals surface area contributed by atoms with Gasteiger partial charge in [0.05, 0.1) is 16.8 Å². The van der Waals surface area contributed by atoms with Crippen molar-refractivity contribution in [1.82, 2.24) is 10.2 Å². The Kier molecular flexibility index (Phi) is 5.16. The molecule has 1 heterocycles. The number of aromatic amines is 1. The second-order valence-corrected chi connectivity index (χ2v) is 7.08. The van der Waals surface area contributed by atoms with Gasteiger partial charge >= 0.3 is 0 Å². The van der Waals surface area contributed by atoms with Gasteiger partial charge in [-0.05, 0) is 41.0 Å². The van der Waals surface area contributed by atoms with Gasteiger partial charge < -0.3 is 11.5 Å². The molecular weight excluding hydrogens is 374 g/mol. The number of nitrogens with one attached hydrogen (secondary N) is 1. The third-order valence-corrected chi connectivity index (χ3v) is 5.47. The van der Waals surface area contributed by atoms with Gasteiger partial charge in [-0.2, -0.15) is 5.10 Å². The molecule has 0 aliphatic rings. The smallest absolute Gasteiger partial charge is 0.272 e. The zero-order chi connectivity index (χ0) is 21.3. The molecule has 3 aromatic carbocycles. The van der Waals surface area contributed by atoms with Crippen LogP contribution in [0.5, 0.6) is 0 Å².